The second kappa shape index (κ2) is 8.14. The summed E-state index contributed by atoms with van der Waals surface area (Å²) in [5.41, 5.74) is 0.715. The predicted octanol–water partition coefficient (Wildman–Crippen LogP) is 1.37. The molecule has 1 aromatic rings. The van der Waals surface area contributed by atoms with Gasteiger partial charge in [-0.15, -0.1) is 0 Å². The number of rotatable bonds is 8. The molecule has 1 atom stereocenters. The van der Waals surface area contributed by atoms with Crippen LogP contribution in [0.1, 0.15) is 25.8 Å². The van der Waals surface area contributed by atoms with E-state index >= 15 is 0 Å². The number of ether oxygens (including phenoxy) is 1. The first-order valence-corrected chi connectivity index (χ1v) is 8.99. The molecule has 0 bridgehead atoms. The number of para-hydroxylation sites is 1. The van der Waals surface area contributed by atoms with Crippen molar-refractivity contribution in [2.24, 2.45) is 0 Å². The van der Waals surface area contributed by atoms with Crippen LogP contribution in [0.3, 0.4) is 0 Å². The van der Waals surface area contributed by atoms with E-state index < -0.39 is 10.0 Å². The van der Waals surface area contributed by atoms with Crippen molar-refractivity contribution in [3.8, 4) is 5.75 Å². The molecule has 0 heterocycles. The molecule has 1 unspecified atom stereocenters. The SMILES string of the molecule is CCC(C)NC(=O)CN(Cc1ccccc1OC)S(C)(=O)=O. The molecule has 0 radical (unpaired) electrons. The van der Waals surface area contributed by atoms with Gasteiger partial charge in [-0.3, -0.25) is 4.79 Å². The van der Waals surface area contributed by atoms with Gasteiger partial charge >= 0.3 is 0 Å². The number of benzene rings is 1. The monoisotopic (exact) mass is 328 g/mol. The average molecular weight is 328 g/mol. The molecule has 0 aliphatic carbocycles. The Morgan fingerprint density at radius 2 is 2.00 bits per heavy atom. The Hall–Kier alpha value is -1.60. The number of carbonyl (C=O) groups excluding carboxylic acids is 1. The van der Waals surface area contributed by atoms with E-state index in [-0.39, 0.29) is 25.0 Å². The van der Waals surface area contributed by atoms with Gasteiger partial charge in [-0.05, 0) is 19.4 Å². The van der Waals surface area contributed by atoms with E-state index in [0.29, 0.717) is 11.3 Å². The number of nitrogens with one attached hydrogen (secondary N) is 1. The molecule has 1 amide bonds. The molecular formula is C15H24N2O4S. The van der Waals surface area contributed by atoms with Crippen LogP contribution in [0.15, 0.2) is 24.3 Å². The van der Waals surface area contributed by atoms with Crippen LogP contribution < -0.4 is 10.1 Å². The van der Waals surface area contributed by atoms with E-state index in [1.807, 2.05) is 19.9 Å². The summed E-state index contributed by atoms with van der Waals surface area (Å²) >= 11 is 0. The smallest absolute Gasteiger partial charge is 0.235 e. The first-order valence-electron chi connectivity index (χ1n) is 7.14. The van der Waals surface area contributed by atoms with Gasteiger partial charge in [0.05, 0.1) is 19.9 Å². The molecule has 0 fully saturated rings. The van der Waals surface area contributed by atoms with Gasteiger partial charge in [0, 0.05) is 18.2 Å². The summed E-state index contributed by atoms with van der Waals surface area (Å²) in [5.74, 6) is 0.285. The summed E-state index contributed by atoms with van der Waals surface area (Å²) in [6.45, 7) is 3.72. The highest BCUT2D eigenvalue weighted by atomic mass is 32.2. The molecule has 6 nitrogen and oxygen atoms in total. The Labute approximate surface area is 132 Å². The van der Waals surface area contributed by atoms with Gasteiger partial charge in [-0.2, -0.15) is 4.31 Å². The second-order valence-electron chi connectivity index (χ2n) is 5.22. The van der Waals surface area contributed by atoms with Crippen LogP contribution >= 0.6 is 0 Å². The minimum Gasteiger partial charge on any atom is -0.496 e. The molecule has 0 aliphatic rings. The highest BCUT2D eigenvalue weighted by Crippen LogP contribution is 2.20. The Kier molecular flexibility index (Phi) is 6.83. The zero-order valence-electron chi connectivity index (χ0n) is 13.5. The summed E-state index contributed by atoms with van der Waals surface area (Å²) in [6.07, 6.45) is 1.88. The van der Waals surface area contributed by atoms with Gasteiger partial charge in [0.2, 0.25) is 15.9 Å². The van der Waals surface area contributed by atoms with Crippen molar-refractivity contribution in [2.75, 3.05) is 19.9 Å². The Bertz CT molecular complexity index is 601. The summed E-state index contributed by atoms with van der Waals surface area (Å²) in [6, 6.07) is 7.17. The molecule has 0 spiro atoms. The molecule has 1 aromatic carbocycles. The van der Waals surface area contributed by atoms with Gasteiger partial charge < -0.3 is 10.1 Å². The van der Waals surface area contributed by atoms with Crippen molar-refractivity contribution in [3.63, 3.8) is 0 Å². The van der Waals surface area contributed by atoms with Crippen molar-refractivity contribution in [1.29, 1.82) is 0 Å². The van der Waals surface area contributed by atoms with E-state index in [0.717, 1.165) is 17.0 Å². The minimum atomic E-state index is -3.51. The predicted molar refractivity (Wildman–Crippen MR) is 86.1 cm³/mol. The third-order valence-electron chi connectivity index (χ3n) is 3.35. The molecule has 0 saturated carbocycles. The van der Waals surface area contributed by atoms with Crippen molar-refractivity contribution in [1.82, 2.24) is 9.62 Å². The standard InChI is InChI=1S/C15H24N2O4S/c1-5-12(2)16-15(18)11-17(22(4,19)20)10-13-8-6-7-9-14(13)21-3/h6-9,12H,5,10-11H2,1-4H3,(H,16,18). The summed E-state index contributed by atoms with van der Waals surface area (Å²) in [4.78, 5) is 12.0. The Morgan fingerprint density at radius 1 is 1.36 bits per heavy atom. The molecular weight excluding hydrogens is 304 g/mol. The number of sulfonamides is 1. The van der Waals surface area contributed by atoms with Crippen molar-refractivity contribution in [2.45, 2.75) is 32.9 Å². The lowest BCUT2D eigenvalue weighted by Crippen LogP contribution is -2.42. The zero-order valence-corrected chi connectivity index (χ0v) is 14.3. The fourth-order valence-electron chi connectivity index (χ4n) is 1.90. The van der Waals surface area contributed by atoms with Gasteiger partial charge in [0.15, 0.2) is 0 Å². The van der Waals surface area contributed by atoms with Crippen LogP contribution in [0.25, 0.3) is 0 Å². The normalized spacial score (nSPS) is 13.0. The number of nitrogens with zero attached hydrogens (tertiary/aromatic N) is 1. The van der Waals surface area contributed by atoms with Crippen molar-refractivity contribution >= 4 is 15.9 Å². The van der Waals surface area contributed by atoms with Crippen LogP contribution in [0, 0.1) is 0 Å². The highest BCUT2D eigenvalue weighted by Gasteiger charge is 2.22. The van der Waals surface area contributed by atoms with E-state index in [1.54, 1.807) is 18.2 Å². The number of hydrogen-bond acceptors (Lipinski definition) is 4. The topological polar surface area (TPSA) is 75.7 Å². The lowest BCUT2D eigenvalue weighted by Gasteiger charge is -2.21. The summed E-state index contributed by atoms with van der Waals surface area (Å²) < 4.78 is 30.2. The van der Waals surface area contributed by atoms with Crippen LogP contribution in [-0.2, 0) is 21.4 Å². The van der Waals surface area contributed by atoms with Crippen molar-refractivity contribution < 1.29 is 17.9 Å². The van der Waals surface area contributed by atoms with Gasteiger partial charge in [-0.1, -0.05) is 25.1 Å². The van der Waals surface area contributed by atoms with E-state index in [9.17, 15) is 13.2 Å². The van der Waals surface area contributed by atoms with E-state index in [1.165, 1.54) is 7.11 Å². The zero-order chi connectivity index (χ0) is 16.8. The first-order chi connectivity index (χ1) is 10.3. The lowest BCUT2D eigenvalue weighted by atomic mass is 10.2. The Balaban J connectivity index is 2.89. The Morgan fingerprint density at radius 3 is 2.55 bits per heavy atom. The number of amides is 1. The summed E-state index contributed by atoms with van der Waals surface area (Å²) in [5, 5.41) is 2.77. The molecule has 22 heavy (non-hydrogen) atoms. The largest absolute Gasteiger partial charge is 0.496 e. The quantitative estimate of drug-likeness (QED) is 0.782. The molecule has 1 N–H and O–H groups in total. The van der Waals surface area contributed by atoms with Crippen LogP contribution in [0.4, 0.5) is 0 Å². The number of methoxy groups -OCH3 is 1. The lowest BCUT2D eigenvalue weighted by molar-refractivity contribution is -0.122. The minimum absolute atomic E-state index is 0.0140. The molecule has 124 valence electrons. The molecule has 7 heteroatoms. The molecule has 1 rings (SSSR count). The van der Waals surface area contributed by atoms with E-state index in [2.05, 4.69) is 5.32 Å². The number of carbonyl (C=O) groups is 1. The van der Waals surface area contributed by atoms with Crippen molar-refractivity contribution in [3.05, 3.63) is 29.8 Å². The number of hydrogen-bond donors (Lipinski definition) is 1. The highest BCUT2D eigenvalue weighted by molar-refractivity contribution is 7.88. The maximum Gasteiger partial charge on any atom is 0.235 e. The van der Waals surface area contributed by atoms with Crippen LogP contribution in [0.5, 0.6) is 5.75 Å². The fourth-order valence-corrected chi connectivity index (χ4v) is 2.62. The van der Waals surface area contributed by atoms with Crippen LogP contribution in [0.2, 0.25) is 0 Å². The third kappa shape index (κ3) is 5.65. The first kappa shape index (κ1) is 18.4. The molecule has 0 aromatic heterocycles. The third-order valence-corrected chi connectivity index (χ3v) is 4.54. The molecule has 0 saturated heterocycles. The maximum atomic E-state index is 12.0. The average Bonchev–Trinajstić information content (AvgIpc) is 2.45. The summed E-state index contributed by atoms with van der Waals surface area (Å²) in [7, 11) is -1.98. The second-order valence-corrected chi connectivity index (χ2v) is 7.20. The van der Waals surface area contributed by atoms with Gasteiger partial charge in [-0.25, -0.2) is 8.42 Å². The van der Waals surface area contributed by atoms with Gasteiger partial charge in [0.1, 0.15) is 5.75 Å². The maximum absolute atomic E-state index is 12.0. The van der Waals surface area contributed by atoms with E-state index in [4.69, 9.17) is 4.74 Å². The fraction of sp³-hybridized carbons (Fsp3) is 0.533. The van der Waals surface area contributed by atoms with Crippen LogP contribution in [-0.4, -0.2) is 44.6 Å². The molecule has 0 aliphatic heterocycles. The van der Waals surface area contributed by atoms with Gasteiger partial charge in [0.25, 0.3) is 0 Å².